The molecule has 0 saturated carbocycles. The van der Waals surface area contributed by atoms with E-state index >= 15 is 0 Å². The number of nitrogens with one attached hydrogen (secondary N) is 3. The summed E-state index contributed by atoms with van der Waals surface area (Å²) in [7, 11) is 0. The topological polar surface area (TPSA) is 97.9 Å². The van der Waals surface area contributed by atoms with E-state index in [9.17, 15) is 9.59 Å². The first-order valence-corrected chi connectivity index (χ1v) is 13.6. The van der Waals surface area contributed by atoms with Crippen LogP contribution in [0.2, 0.25) is 0 Å². The Labute approximate surface area is 204 Å². The lowest BCUT2D eigenvalue weighted by atomic mass is 9.91. The Morgan fingerprint density at radius 1 is 0.970 bits per heavy atom. The van der Waals surface area contributed by atoms with Crippen LogP contribution in [0.15, 0.2) is 0 Å². The largest absolute Gasteiger partial charge is 0.379 e. The molecule has 0 bridgehead atoms. The fraction of sp³-hybridized carbons (Fsp3) is 0.917. The van der Waals surface area contributed by atoms with E-state index in [1.165, 1.54) is 6.42 Å². The summed E-state index contributed by atoms with van der Waals surface area (Å²) in [6, 6.07) is 0.476. The average Bonchev–Trinajstić information content (AvgIpc) is 3.30. The second-order valence-corrected chi connectivity index (χ2v) is 11.3. The fourth-order valence-corrected chi connectivity index (χ4v) is 5.55. The zero-order valence-electron chi connectivity index (χ0n) is 20.8. The third-order valence-corrected chi connectivity index (χ3v) is 7.34. The van der Waals surface area contributed by atoms with Gasteiger partial charge < -0.3 is 30.2 Å². The van der Waals surface area contributed by atoms with Gasteiger partial charge in [0, 0.05) is 37.2 Å². The number of unbranched alkanes of at least 4 members (excludes halogenated alkanes) is 1. The van der Waals surface area contributed by atoms with Crippen molar-refractivity contribution in [1.82, 2.24) is 16.0 Å². The van der Waals surface area contributed by atoms with Crippen LogP contribution in [0.4, 0.5) is 4.79 Å². The van der Waals surface area contributed by atoms with Gasteiger partial charge in [0.05, 0.1) is 38.5 Å². The summed E-state index contributed by atoms with van der Waals surface area (Å²) in [5.74, 6) is 1.09. The third-order valence-electron chi connectivity index (χ3n) is 5.83. The maximum Gasteiger partial charge on any atom is 0.315 e. The van der Waals surface area contributed by atoms with Gasteiger partial charge in [-0.25, -0.2) is 4.79 Å². The van der Waals surface area contributed by atoms with Crippen LogP contribution in [0, 0.1) is 5.41 Å². The van der Waals surface area contributed by atoms with E-state index in [-0.39, 0.29) is 24.0 Å². The molecule has 33 heavy (non-hydrogen) atoms. The molecule has 0 aromatic heterocycles. The molecule has 0 radical (unpaired) electrons. The molecule has 3 atom stereocenters. The third kappa shape index (κ3) is 12.9. The van der Waals surface area contributed by atoms with Crippen LogP contribution in [0.25, 0.3) is 0 Å². The molecule has 9 heteroatoms. The minimum atomic E-state index is -0.0433. The summed E-state index contributed by atoms with van der Waals surface area (Å²) in [6.07, 6.45) is 6.55. The summed E-state index contributed by atoms with van der Waals surface area (Å²) < 4.78 is 16.6. The number of urea groups is 1. The first-order chi connectivity index (χ1) is 15.8. The van der Waals surface area contributed by atoms with Crippen molar-refractivity contribution < 1.29 is 23.8 Å². The van der Waals surface area contributed by atoms with E-state index in [1.807, 2.05) is 11.8 Å². The van der Waals surface area contributed by atoms with Crippen molar-refractivity contribution in [2.24, 2.45) is 5.41 Å². The van der Waals surface area contributed by atoms with Crippen LogP contribution in [0.3, 0.4) is 0 Å². The molecule has 0 spiro atoms. The van der Waals surface area contributed by atoms with Crippen LogP contribution in [-0.4, -0.2) is 81.2 Å². The molecule has 3 amide bonds. The Hall–Kier alpha value is -1.03. The van der Waals surface area contributed by atoms with E-state index in [2.05, 4.69) is 36.7 Å². The number of rotatable bonds is 18. The van der Waals surface area contributed by atoms with Crippen LogP contribution >= 0.6 is 11.8 Å². The number of thioether (sulfide) groups is 1. The lowest BCUT2D eigenvalue weighted by Crippen LogP contribution is -2.36. The molecule has 2 aliphatic rings. The zero-order valence-corrected chi connectivity index (χ0v) is 21.6. The minimum absolute atomic E-state index is 0.0433. The molecule has 1 unspecified atom stereocenters. The Balaban J connectivity index is 1.29. The highest BCUT2D eigenvalue weighted by atomic mass is 32.2. The molecule has 3 N–H and O–H groups in total. The second kappa shape index (κ2) is 15.8. The number of hydrogen-bond acceptors (Lipinski definition) is 6. The van der Waals surface area contributed by atoms with E-state index in [0.29, 0.717) is 56.7 Å². The summed E-state index contributed by atoms with van der Waals surface area (Å²) in [4.78, 5) is 23.4. The number of fused-ring (bicyclic) bond motifs is 1. The van der Waals surface area contributed by atoms with Gasteiger partial charge >= 0.3 is 6.03 Å². The number of hydrogen-bond donors (Lipinski definition) is 3. The average molecular weight is 488 g/mol. The van der Waals surface area contributed by atoms with Gasteiger partial charge in [0.1, 0.15) is 0 Å². The Kier molecular flexibility index (Phi) is 13.5. The van der Waals surface area contributed by atoms with Crippen LogP contribution in [0.1, 0.15) is 65.7 Å². The minimum Gasteiger partial charge on any atom is -0.379 e. The van der Waals surface area contributed by atoms with Crippen molar-refractivity contribution in [2.45, 2.75) is 83.1 Å². The molecule has 8 nitrogen and oxygen atoms in total. The van der Waals surface area contributed by atoms with Gasteiger partial charge in [0.2, 0.25) is 5.91 Å². The normalized spacial score (nSPS) is 22.2. The Morgan fingerprint density at radius 2 is 1.64 bits per heavy atom. The molecule has 0 aromatic rings. The van der Waals surface area contributed by atoms with E-state index in [1.54, 1.807) is 0 Å². The predicted molar refractivity (Wildman–Crippen MR) is 133 cm³/mol. The number of carbonyl (C=O) groups excluding carboxylic acids is 2. The van der Waals surface area contributed by atoms with E-state index in [4.69, 9.17) is 14.2 Å². The van der Waals surface area contributed by atoms with E-state index in [0.717, 1.165) is 44.5 Å². The molecule has 2 heterocycles. The Bertz CT molecular complexity index is 573. The first-order valence-electron chi connectivity index (χ1n) is 12.5. The maximum absolute atomic E-state index is 12.0. The standard InChI is InChI=1S/C24H45N3O5S/c1-24(2,3)10-6-12-30-14-16-32-17-15-31-13-7-11-25-21(28)9-5-4-8-20-22-19(18-33-20)26-23(29)27-22/h19-20,22H,4-18H2,1-3H3,(H,25,28)(H2,26,27,29)/t19-,20?,22-/m0/s1. The summed E-state index contributed by atoms with van der Waals surface area (Å²) >= 11 is 1.92. The predicted octanol–water partition coefficient (Wildman–Crippen LogP) is 3.09. The van der Waals surface area contributed by atoms with Gasteiger partial charge in [-0.3, -0.25) is 4.79 Å². The van der Waals surface area contributed by atoms with Crippen LogP contribution in [0.5, 0.6) is 0 Å². The van der Waals surface area contributed by atoms with Gasteiger partial charge in [0.15, 0.2) is 0 Å². The van der Waals surface area contributed by atoms with Gasteiger partial charge in [-0.2, -0.15) is 11.8 Å². The number of amides is 3. The highest BCUT2D eigenvalue weighted by molar-refractivity contribution is 8.00. The van der Waals surface area contributed by atoms with Crippen molar-refractivity contribution in [3.8, 4) is 0 Å². The van der Waals surface area contributed by atoms with E-state index < -0.39 is 0 Å². The molecule has 2 rings (SSSR count). The molecule has 192 valence electrons. The fourth-order valence-electron chi connectivity index (χ4n) is 4.01. The second-order valence-electron chi connectivity index (χ2n) is 10.1. The molecule has 2 aliphatic heterocycles. The molecule has 2 fully saturated rings. The van der Waals surface area contributed by atoms with Crippen molar-refractivity contribution >= 4 is 23.7 Å². The van der Waals surface area contributed by atoms with Crippen molar-refractivity contribution in [2.75, 3.05) is 51.9 Å². The lowest BCUT2D eigenvalue weighted by Gasteiger charge is -2.17. The molecule has 0 aromatic carbocycles. The first kappa shape index (κ1) is 28.2. The summed E-state index contributed by atoms with van der Waals surface area (Å²) in [6.45, 7) is 11.1. The molecule has 0 aliphatic carbocycles. The molecular formula is C24H45N3O5S. The van der Waals surface area contributed by atoms with Crippen molar-refractivity contribution in [3.63, 3.8) is 0 Å². The smallest absolute Gasteiger partial charge is 0.315 e. The molecular weight excluding hydrogens is 442 g/mol. The number of ether oxygens (including phenoxy) is 3. The monoisotopic (exact) mass is 487 g/mol. The van der Waals surface area contributed by atoms with Gasteiger partial charge in [-0.05, 0) is 37.5 Å². The van der Waals surface area contributed by atoms with Crippen molar-refractivity contribution in [1.29, 1.82) is 0 Å². The quantitative estimate of drug-likeness (QED) is 0.203. The molecule has 2 saturated heterocycles. The van der Waals surface area contributed by atoms with Gasteiger partial charge in [-0.15, -0.1) is 0 Å². The van der Waals surface area contributed by atoms with Gasteiger partial charge in [0.25, 0.3) is 0 Å². The Morgan fingerprint density at radius 3 is 2.33 bits per heavy atom. The summed E-state index contributed by atoms with van der Waals surface area (Å²) in [5, 5.41) is 9.39. The summed E-state index contributed by atoms with van der Waals surface area (Å²) in [5.41, 5.74) is 0.369. The van der Waals surface area contributed by atoms with Crippen LogP contribution in [-0.2, 0) is 19.0 Å². The lowest BCUT2D eigenvalue weighted by molar-refractivity contribution is -0.121. The number of carbonyl (C=O) groups is 2. The zero-order chi connectivity index (χ0) is 23.9. The highest BCUT2D eigenvalue weighted by Gasteiger charge is 2.42. The van der Waals surface area contributed by atoms with Crippen molar-refractivity contribution in [3.05, 3.63) is 0 Å². The SMILES string of the molecule is CC(C)(C)CCCOCCOCCOCCCNC(=O)CCCCC1SC[C@@H]2NC(=O)N[C@H]12. The van der Waals surface area contributed by atoms with Crippen LogP contribution < -0.4 is 16.0 Å². The maximum atomic E-state index is 12.0. The van der Waals surface area contributed by atoms with Gasteiger partial charge in [-0.1, -0.05) is 27.2 Å². The highest BCUT2D eigenvalue weighted by Crippen LogP contribution is 2.33.